The minimum absolute atomic E-state index is 0.193. The lowest BCUT2D eigenvalue weighted by molar-refractivity contribution is -0.143. The highest BCUT2D eigenvalue weighted by Crippen LogP contribution is 2.18. The van der Waals surface area contributed by atoms with Crippen LogP contribution in [0.2, 0.25) is 5.02 Å². The minimum atomic E-state index is -0.671. The summed E-state index contributed by atoms with van der Waals surface area (Å²) < 4.78 is 4.88. The number of aromatic hydroxyl groups is 1. The molecule has 1 heterocycles. The smallest absolute Gasteiger partial charge is 0.325 e. The number of nitrogens with zero attached hydrogens (tertiary/aromatic N) is 1. The molecule has 0 spiro atoms. The van der Waals surface area contributed by atoms with Gasteiger partial charge in [-0.2, -0.15) is 0 Å². The number of nitrogens with one attached hydrogen (secondary N) is 1. The number of halogens is 1. The predicted octanol–water partition coefficient (Wildman–Crippen LogP) is 1.37. The van der Waals surface area contributed by atoms with E-state index in [1.165, 1.54) is 12.3 Å². The summed E-state index contributed by atoms with van der Waals surface area (Å²) in [6, 6.07) is 1.19. The third-order valence-electron chi connectivity index (χ3n) is 2.02. The van der Waals surface area contributed by atoms with E-state index in [9.17, 15) is 14.7 Å². The van der Waals surface area contributed by atoms with Gasteiger partial charge in [0.15, 0.2) is 5.69 Å². The molecule has 0 aliphatic rings. The number of esters is 1. The van der Waals surface area contributed by atoms with Crippen molar-refractivity contribution in [2.45, 2.75) is 13.8 Å². The summed E-state index contributed by atoms with van der Waals surface area (Å²) in [4.78, 5) is 26.6. The van der Waals surface area contributed by atoms with Gasteiger partial charge in [-0.15, -0.1) is 0 Å². The van der Waals surface area contributed by atoms with Gasteiger partial charge in [0.05, 0.1) is 11.6 Å². The Balaban J connectivity index is 2.49. The van der Waals surface area contributed by atoms with Crippen LogP contribution in [0.1, 0.15) is 24.3 Å². The van der Waals surface area contributed by atoms with E-state index in [0.717, 1.165) is 0 Å². The monoisotopic (exact) mass is 286 g/mol. The zero-order valence-electron chi connectivity index (χ0n) is 10.6. The Bertz CT molecular complexity index is 477. The lowest BCUT2D eigenvalue weighted by Crippen LogP contribution is -2.31. The first-order valence-electron chi connectivity index (χ1n) is 5.68. The second kappa shape index (κ2) is 6.94. The Morgan fingerprint density at radius 2 is 2.21 bits per heavy atom. The van der Waals surface area contributed by atoms with Crippen LogP contribution in [0.15, 0.2) is 12.3 Å². The van der Waals surface area contributed by atoms with Crippen molar-refractivity contribution in [2.75, 3.05) is 13.2 Å². The number of amides is 1. The Morgan fingerprint density at radius 3 is 2.79 bits per heavy atom. The molecule has 7 heteroatoms. The number of carbonyl (C=O) groups excluding carboxylic acids is 2. The van der Waals surface area contributed by atoms with Crippen molar-refractivity contribution in [2.24, 2.45) is 5.92 Å². The van der Waals surface area contributed by atoms with Gasteiger partial charge in [0.2, 0.25) is 0 Å². The molecule has 1 aromatic rings. The van der Waals surface area contributed by atoms with Crippen molar-refractivity contribution >= 4 is 23.5 Å². The van der Waals surface area contributed by atoms with Crippen molar-refractivity contribution in [1.29, 1.82) is 0 Å². The maximum absolute atomic E-state index is 11.6. The molecule has 0 unspecified atom stereocenters. The van der Waals surface area contributed by atoms with Crippen molar-refractivity contribution in [3.8, 4) is 5.75 Å². The summed E-state index contributed by atoms with van der Waals surface area (Å²) in [7, 11) is 0. The number of ether oxygens (including phenoxy) is 1. The van der Waals surface area contributed by atoms with Gasteiger partial charge in [0, 0.05) is 12.3 Å². The molecule has 0 bridgehead atoms. The van der Waals surface area contributed by atoms with E-state index >= 15 is 0 Å². The van der Waals surface area contributed by atoms with Gasteiger partial charge in [0.1, 0.15) is 12.3 Å². The highest BCUT2D eigenvalue weighted by Gasteiger charge is 2.14. The van der Waals surface area contributed by atoms with Crippen LogP contribution in [0.5, 0.6) is 5.75 Å². The third-order valence-corrected chi connectivity index (χ3v) is 2.23. The lowest BCUT2D eigenvalue weighted by atomic mass is 10.2. The highest BCUT2D eigenvalue weighted by molar-refractivity contribution is 6.30. The molecule has 1 aromatic heterocycles. The Labute approximate surface area is 115 Å². The quantitative estimate of drug-likeness (QED) is 0.798. The summed E-state index contributed by atoms with van der Waals surface area (Å²) in [6.45, 7) is 3.82. The fourth-order valence-corrected chi connectivity index (χ4v) is 1.30. The topological polar surface area (TPSA) is 88.5 Å². The van der Waals surface area contributed by atoms with Crippen molar-refractivity contribution in [3.05, 3.63) is 23.0 Å². The molecule has 2 N–H and O–H groups in total. The summed E-state index contributed by atoms with van der Waals surface area (Å²) in [5, 5.41) is 12.0. The molecule has 19 heavy (non-hydrogen) atoms. The number of hydrogen-bond donors (Lipinski definition) is 2. The number of hydrogen-bond acceptors (Lipinski definition) is 5. The predicted molar refractivity (Wildman–Crippen MR) is 69.0 cm³/mol. The number of pyridine rings is 1. The second-order valence-corrected chi connectivity index (χ2v) is 4.72. The maximum atomic E-state index is 11.6. The van der Waals surface area contributed by atoms with Gasteiger partial charge in [-0.25, -0.2) is 4.98 Å². The number of rotatable bonds is 5. The molecule has 1 rings (SSSR count). The Morgan fingerprint density at radius 1 is 1.53 bits per heavy atom. The van der Waals surface area contributed by atoms with Crippen molar-refractivity contribution < 1.29 is 19.4 Å². The zero-order valence-corrected chi connectivity index (χ0v) is 11.4. The van der Waals surface area contributed by atoms with Gasteiger partial charge in [-0.1, -0.05) is 25.4 Å². The minimum Gasteiger partial charge on any atom is -0.505 e. The van der Waals surface area contributed by atoms with E-state index in [4.69, 9.17) is 16.3 Å². The molecule has 0 fully saturated rings. The van der Waals surface area contributed by atoms with Crippen molar-refractivity contribution in [3.63, 3.8) is 0 Å². The molecule has 0 saturated heterocycles. The largest absolute Gasteiger partial charge is 0.505 e. The molecule has 6 nitrogen and oxygen atoms in total. The lowest BCUT2D eigenvalue weighted by Gasteiger charge is -2.08. The van der Waals surface area contributed by atoms with E-state index in [1.807, 2.05) is 13.8 Å². The molecule has 0 saturated carbocycles. The molecule has 0 radical (unpaired) electrons. The Hall–Kier alpha value is -1.82. The summed E-state index contributed by atoms with van der Waals surface area (Å²) >= 11 is 5.59. The fraction of sp³-hybridized carbons (Fsp3) is 0.417. The standard InChI is InChI=1S/C12H15ClN2O4/c1-7(2)6-19-10(17)5-15-12(18)11-9(16)3-8(13)4-14-11/h3-4,7,16H,5-6H2,1-2H3,(H,15,18). The first kappa shape index (κ1) is 15.2. The van der Waals surface area contributed by atoms with Gasteiger partial charge in [-0.05, 0) is 5.92 Å². The third kappa shape index (κ3) is 5.13. The summed E-state index contributed by atoms with van der Waals surface area (Å²) in [5.41, 5.74) is -0.193. The van der Waals surface area contributed by atoms with Crippen molar-refractivity contribution in [1.82, 2.24) is 10.3 Å². The number of aromatic nitrogens is 1. The molecule has 0 atom stereocenters. The average molecular weight is 287 g/mol. The van der Waals surface area contributed by atoms with E-state index in [0.29, 0.717) is 6.61 Å². The van der Waals surface area contributed by atoms with Crippen LogP contribution in [0.25, 0.3) is 0 Å². The van der Waals surface area contributed by atoms with Crippen LogP contribution in [0.3, 0.4) is 0 Å². The molecule has 104 valence electrons. The van der Waals surface area contributed by atoms with Crippen LogP contribution < -0.4 is 5.32 Å². The van der Waals surface area contributed by atoms with Gasteiger partial charge < -0.3 is 15.2 Å². The molecule has 0 aliphatic heterocycles. The summed E-state index contributed by atoms with van der Waals surface area (Å²) in [5.74, 6) is -1.34. The number of carbonyl (C=O) groups is 2. The van der Waals surface area contributed by atoms with E-state index < -0.39 is 11.9 Å². The highest BCUT2D eigenvalue weighted by atomic mass is 35.5. The second-order valence-electron chi connectivity index (χ2n) is 4.28. The van der Waals surface area contributed by atoms with Gasteiger partial charge >= 0.3 is 5.97 Å². The molecular formula is C12H15ClN2O4. The Kier molecular flexibility index (Phi) is 5.57. The van der Waals surface area contributed by atoms with Crippen LogP contribution in [-0.4, -0.2) is 35.1 Å². The van der Waals surface area contributed by atoms with E-state index in [-0.39, 0.29) is 28.9 Å². The SMILES string of the molecule is CC(C)COC(=O)CNC(=O)c1ncc(Cl)cc1O. The molecule has 0 aliphatic carbocycles. The zero-order chi connectivity index (χ0) is 14.4. The normalized spacial score (nSPS) is 10.3. The molecular weight excluding hydrogens is 272 g/mol. The first-order valence-corrected chi connectivity index (χ1v) is 6.06. The maximum Gasteiger partial charge on any atom is 0.325 e. The van der Waals surface area contributed by atoms with Gasteiger partial charge in [0.25, 0.3) is 5.91 Å². The molecule has 1 amide bonds. The van der Waals surface area contributed by atoms with E-state index in [1.54, 1.807) is 0 Å². The fourth-order valence-electron chi connectivity index (χ4n) is 1.15. The molecule has 0 aromatic carbocycles. The van der Waals surface area contributed by atoms with Crippen LogP contribution in [0, 0.1) is 5.92 Å². The summed E-state index contributed by atoms with van der Waals surface area (Å²) in [6.07, 6.45) is 1.23. The average Bonchev–Trinajstić information content (AvgIpc) is 2.33. The first-order chi connectivity index (χ1) is 8.90. The van der Waals surface area contributed by atoms with Crippen LogP contribution in [0.4, 0.5) is 0 Å². The van der Waals surface area contributed by atoms with Gasteiger partial charge in [-0.3, -0.25) is 9.59 Å². The van der Waals surface area contributed by atoms with E-state index in [2.05, 4.69) is 10.3 Å². The van der Waals surface area contributed by atoms with Crippen LogP contribution in [-0.2, 0) is 9.53 Å². The van der Waals surface area contributed by atoms with Crippen LogP contribution >= 0.6 is 11.6 Å².